The van der Waals surface area contributed by atoms with Gasteiger partial charge in [0.1, 0.15) is 0 Å². The second-order valence-corrected chi connectivity index (χ2v) is 20.6. The highest BCUT2D eigenvalue weighted by Gasteiger charge is 2.44. The van der Waals surface area contributed by atoms with Gasteiger partial charge in [-0.1, -0.05) is 60.7 Å². The Labute approximate surface area is 162 Å². The van der Waals surface area contributed by atoms with Crippen LogP contribution in [0.5, 0.6) is 0 Å². The first-order valence-electron chi connectivity index (χ1n) is 8.95. The van der Waals surface area contributed by atoms with Crippen LogP contribution in [0.3, 0.4) is 0 Å². The maximum absolute atomic E-state index is 6.60. The Morgan fingerprint density at radius 3 is 1.12 bits per heavy atom. The lowest BCUT2D eigenvalue weighted by atomic mass is 10.4. The first-order chi connectivity index (χ1) is 12.0. The summed E-state index contributed by atoms with van der Waals surface area (Å²) in [6.07, 6.45) is 0. The molecule has 0 aliphatic rings. The van der Waals surface area contributed by atoms with Gasteiger partial charge in [-0.3, -0.25) is 0 Å². The SMILES string of the molecule is CO[Si](C)(C)C.CO[Si](O[Si](C)(C)C)(c1ccccc1)c1ccccc1. The molecule has 3 nitrogen and oxygen atoms in total. The number of rotatable bonds is 6. The van der Waals surface area contributed by atoms with Crippen LogP contribution >= 0.6 is 0 Å². The molecule has 0 saturated carbocycles. The third-order valence-corrected chi connectivity index (χ3v) is 11.2. The summed E-state index contributed by atoms with van der Waals surface area (Å²) in [5.74, 6) is 0. The highest BCUT2D eigenvalue weighted by Crippen LogP contribution is 2.16. The smallest absolute Gasteiger partial charge is 0.396 e. The average molecular weight is 407 g/mol. The summed E-state index contributed by atoms with van der Waals surface area (Å²) in [6.45, 7) is 13.1. The molecule has 6 heteroatoms. The number of hydrogen-bond donors (Lipinski definition) is 0. The lowest BCUT2D eigenvalue weighted by Crippen LogP contribution is -2.66. The normalized spacial score (nSPS) is 12.3. The van der Waals surface area contributed by atoms with E-state index in [-0.39, 0.29) is 0 Å². The topological polar surface area (TPSA) is 27.7 Å². The van der Waals surface area contributed by atoms with Crippen molar-refractivity contribution in [2.45, 2.75) is 39.3 Å². The summed E-state index contributed by atoms with van der Waals surface area (Å²) in [4.78, 5) is 0. The zero-order valence-corrected chi connectivity index (χ0v) is 20.5. The van der Waals surface area contributed by atoms with Crippen molar-refractivity contribution in [3.63, 3.8) is 0 Å². The Morgan fingerprint density at radius 1 is 0.538 bits per heavy atom. The van der Waals surface area contributed by atoms with Crippen molar-refractivity contribution in [1.82, 2.24) is 0 Å². The zero-order valence-electron chi connectivity index (χ0n) is 17.5. The van der Waals surface area contributed by atoms with Crippen LogP contribution in [0.4, 0.5) is 0 Å². The van der Waals surface area contributed by atoms with Gasteiger partial charge >= 0.3 is 8.56 Å². The van der Waals surface area contributed by atoms with Gasteiger partial charge in [0.2, 0.25) is 0 Å². The van der Waals surface area contributed by atoms with Crippen molar-refractivity contribution in [2.24, 2.45) is 0 Å². The molecule has 0 aliphatic carbocycles. The lowest BCUT2D eigenvalue weighted by molar-refractivity contribution is 0.327. The monoisotopic (exact) mass is 406 g/mol. The van der Waals surface area contributed by atoms with Crippen LogP contribution < -0.4 is 10.4 Å². The molecular weight excluding hydrogens is 372 g/mol. The van der Waals surface area contributed by atoms with Gasteiger partial charge in [-0.25, -0.2) is 0 Å². The number of hydrogen-bond acceptors (Lipinski definition) is 3. The third kappa shape index (κ3) is 7.30. The van der Waals surface area contributed by atoms with Gasteiger partial charge in [-0.2, -0.15) is 0 Å². The first kappa shape index (κ1) is 23.0. The van der Waals surface area contributed by atoms with E-state index < -0.39 is 25.2 Å². The van der Waals surface area contributed by atoms with Crippen LogP contribution in [0.2, 0.25) is 39.3 Å². The Kier molecular flexibility index (Phi) is 8.65. The predicted octanol–water partition coefficient (Wildman–Crippen LogP) is 4.21. The molecule has 144 valence electrons. The Bertz CT molecular complexity index is 595. The quantitative estimate of drug-likeness (QED) is 0.673. The van der Waals surface area contributed by atoms with E-state index in [2.05, 4.69) is 63.5 Å². The third-order valence-electron chi connectivity index (χ3n) is 3.66. The molecule has 2 aromatic carbocycles. The molecule has 0 heterocycles. The fourth-order valence-corrected chi connectivity index (χ4v) is 9.10. The van der Waals surface area contributed by atoms with Gasteiger partial charge in [0.15, 0.2) is 16.6 Å². The summed E-state index contributed by atoms with van der Waals surface area (Å²) in [5, 5.41) is 2.33. The molecule has 0 aliphatic heterocycles. The standard InChI is InChI=1S/C16H22O2Si2.C4H12OSi/c1-17-20(18-19(2,3)4,15-11-7-5-8-12-15)16-13-9-6-10-14-16;1-5-6(2,3)4/h5-14H,1-4H3;1-4H3. The minimum Gasteiger partial charge on any atom is -0.430 e. The maximum Gasteiger partial charge on any atom is 0.396 e. The maximum atomic E-state index is 6.60. The fourth-order valence-electron chi connectivity index (χ4n) is 2.31. The zero-order chi connectivity index (χ0) is 19.8. The molecule has 0 saturated heterocycles. The highest BCUT2D eigenvalue weighted by molar-refractivity contribution is 6.98. The molecule has 2 rings (SSSR count). The van der Waals surface area contributed by atoms with Crippen LogP contribution in [-0.2, 0) is 13.0 Å². The van der Waals surface area contributed by atoms with E-state index in [1.807, 2.05) is 36.4 Å². The van der Waals surface area contributed by atoms with Gasteiger partial charge in [0.05, 0.1) is 0 Å². The molecule has 0 fully saturated rings. The molecular formula is C20H34O3Si3. The molecule has 0 amide bonds. The van der Waals surface area contributed by atoms with Crippen LogP contribution in [-0.4, -0.2) is 39.4 Å². The minimum absolute atomic E-state index is 1.13. The van der Waals surface area contributed by atoms with Crippen molar-refractivity contribution in [3.8, 4) is 0 Å². The van der Waals surface area contributed by atoms with Crippen molar-refractivity contribution in [2.75, 3.05) is 14.2 Å². The van der Waals surface area contributed by atoms with Crippen molar-refractivity contribution in [1.29, 1.82) is 0 Å². The molecule has 26 heavy (non-hydrogen) atoms. The van der Waals surface area contributed by atoms with E-state index in [0.717, 1.165) is 10.4 Å². The molecule has 0 unspecified atom stereocenters. The summed E-state index contributed by atoms with van der Waals surface area (Å²) < 4.78 is 17.7. The second-order valence-electron chi connectivity index (χ2n) is 8.08. The van der Waals surface area contributed by atoms with Crippen LogP contribution in [0, 0.1) is 0 Å². The molecule has 0 atom stereocenters. The van der Waals surface area contributed by atoms with Crippen LogP contribution in [0.25, 0.3) is 0 Å². The van der Waals surface area contributed by atoms with E-state index in [1.165, 1.54) is 0 Å². The van der Waals surface area contributed by atoms with Gasteiger partial charge in [0.25, 0.3) is 0 Å². The Balaban J connectivity index is 0.000000487. The Morgan fingerprint density at radius 2 is 0.885 bits per heavy atom. The van der Waals surface area contributed by atoms with Crippen molar-refractivity contribution < 1.29 is 13.0 Å². The van der Waals surface area contributed by atoms with E-state index >= 15 is 0 Å². The van der Waals surface area contributed by atoms with Crippen molar-refractivity contribution >= 4 is 35.6 Å². The lowest BCUT2D eigenvalue weighted by Gasteiger charge is -2.35. The Hall–Kier alpha value is -1.03. The van der Waals surface area contributed by atoms with Gasteiger partial charge in [0, 0.05) is 14.2 Å². The second kappa shape index (κ2) is 9.78. The average Bonchev–Trinajstić information content (AvgIpc) is 2.60. The molecule has 0 radical (unpaired) electrons. The predicted molar refractivity (Wildman–Crippen MR) is 120 cm³/mol. The first-order valence-corrected chi connectivity index (χ1v) is 17.6. The molecule has 2 aromatic rings. The van der Waals surface area contributed by atoms with E-state index in [0.29, 0.717) is 0 Å². The van der Waals surface area contributed by atoms with E-state index in [4.69, 9.17) is 13.0 Å². The molecule has 0 bridgehead atoms. The summed E-state index contributed by atoms with van der Waals surface area (Å²) >= 11 is 0. The largest absolute Gasteiger partial charge is 0.430 e. The minimum atomic E-state index is -2.60. The van der Waals surface area contributed by atoms with E-state index in [9.17, 15) is 0 Å². The van der Waals surface area contributed by atoms with Gasteiger partial charge in [-0.05, 0) is 49.7 Å². The fraction of sp³-hybridized carbons (Fsp3) is 0.400. The van der Waals surface area contributed by atoms with E-state index in [1.54, 1.807) is 14.2 Å². The van der Waals surface area contributed by atoms with Gasteiger partial charge in [-0.15, -0.1) is 0 Å². The summed E-state index contributed by atoms with van der Waals surface area (Å²) in [5.41, 5.74) is 0. The summed E-state index contributed by atoms with van der Waals surface area (Å²) in [6, 6.07) is 20.7. The molecule has 0 spiro atoms. The highest BCUT2D eigenvalue weighted by atomic mass is 28.4. The van der Waals surface area contributed by atoms with Crippen LogP contribution in [0.15, 0.2) is 60.7 Å². The van der Waals surface area contributed by atoms with Gasteiger partial charge < -0.3 is 13.0 Å². The van der Waals surface area contributed by atoms with Crippen LogP contribution in [0.1, 0.15) is 0 Å². The molecule has 0 N–H and O–H groups in total. The molecule has 0 aromatic heterocycles. The summed E-state index contributed by atoms with van der Waals surface area (Å²) in [7, 11) is -1.93. The number of benzene rings is 2. The van der Waals surface area contributed by atoms with Crippen molar-refractivity contribution in [3.05, 3.63) is 60.7 Å².